The number of carboxylic acid groups (broad SMARTS) is 1. The zero-order valence-corrected chi connectivity index (χ0v) is 9.67. The van der Waals surface area contributed by atoms with Crippen LogP contribution in [0.4, 0.5) is 0 Å². The van der Waals surface area contributed by atoms with E-state index in [0.29, 0.717) is 13.0 Å². The Balaban J connectivity index is 0.00000196. The number of halogens is 1. The quantitative estimate of drug-likeness (QED) is 0.729. The molecule has 84 valence electrons. The van der Waals surface area contributed by atoms with Crippen LogP contribution in [0.2, 0.25) is 0 Å². The second-order valence-corrected chi connectivity index (χ2v) is 3.55. The fraction of sp³-hybridized carbons (Fsp3) is 0.600. The number of carbonyl (C=O) groups is 1. The smallest absolute Gasteiger partial charge is 0.339 e. The maximum atomic E-state index is 11.1. The van der Waals surface area contributed by atoms with Gasteiger partial charge in [-0.25, -0.2) is 4.79 Å². The molecule has 0 saturated heterocycles. The Morgan fingerprint density at radius 1 is 1.80 bits per heavy atom. The van der Waals surface area contributed by atoms with Gasteiger partial charge in [0, 0.05) is 13.0 Å². The molecule has 0 bridgehead atoms. The van der Waals surface area contributed by atoms with Crippen LogP contribution in [0.1, 0.15) is 19.8 Å². The lowest BCUT2D eigenvalue weighted by Crippen LogP contribution is -2.54. The third kappa shape index (κ3) is 2.31. The van der Waals surface area contributed by atoms with Crippen molar-refractivity contribution in [3.63, 3.8) is 0 Å². The largest absolute Gasteiger partial charge is 0.479 e. The molecule has 1 rings (SSSR count). The van der Waals surface area contributed by atoms with Crippen molar-refractivity contribution in [3.05, 3.63) is 11.6 Å². The molecule has 0 aromatic rings. The first kappa shape index (κ1) is 13.9. The lowest BCUT2D eigenvalue weighted by atomic mass is 9.86. The molecule has 0 aromatic carbocycles. The van der Waals surface area contributed by atoms with Gasteiger partial charge in [-0.15, -0.1) is 12.4 Å². The number of rotatable bonds is 2. The van der Waals surface area contributed by atoms with Gasteiger partial charge >= 0.3 is 5.97 Å². The highest BCUT2D eigenvalue weighted by atomic mass is 35.5. The zero-order valence-electron chi connectivity index (χ0n) is 8.86. The van der Waals surface area contributed by atoms with E-state index in [1.807, 2.05) is 19.1 Å². The van der Waals surface area contributed by atoms with Crippen molar-refractivity contribution in [2.24, 2.45) is 0 Å². The minimum Gasteiger partial charge on any atom is -0.479 e. The molecule has 15 heavy (non-hydrogen) atoms. The van der Waals surface area contributed by atoms with E-state index in [4.69, 9.17) is 10.4 Å². The van der Waals surface area contributed by atoms with E-state index in [1.165, 1.54) is 0 Å². The van der Waals surface area contributed by atoms with Gasteiger partial charge in [-0.1, -0.05) is 18.6 Å². The molecule has 5 heteroatoms. The molecule has 0 amide bonds. The fourth-order valence-electron chi connectivity index (χ4n) is 1.64. The molecule has 1 unspecified atom stereocenters. The summed E-state index contributed by atoms with van der Waals surface area (Å²) in [7, 11) is 1.67. The number of carboxylic acids is 1. The Morgan fingerprint density at radius 2 is 2.40 bits per heavy atom. The molecule has 1 heterocycles. The lowest BCUT2D eigenvalue weighted by molar-refractivity contribution is -0.147. The summed E-state index contributed by atoms with van der Waals surface area (Å²) in [6.45, 7) is 2.50. The van der Waals surface area contributed by atoms with Crippen LogP contribution < -0.4 is 0 Å². The van der Waals surface area contributed by atoms with Crippen molar-refractivity contribution in [3.8, 4) is 6.07 Å². The highest BCUT2D eigenvalue weighted by molar-refractivity contribution is 5.85. The van der Waals surface area contributed by atoms with Crippen LogP contribution in [-0.4, -0.2) is 35.1 Å². The van der Waals surface area contributed by atoms with Crippen LogP contribution >= 0.6 is 12.4 Å². The van der Waals surface area contributed by atoms with E-state index in [0.717, 1.165) is 12.0 Å². The summed E-state index contributed by atoms with van der Waals surface area (Å²) in [4.78, 5) is 12.7. The number of nitrogens with zero attached hydrogens (tertiary/aromatic N) is 2. The van der Waals surface area contributed by atoms with Crippen LogP contribution in [0, 0.1) is 11.3 Å². The first-order valence-electron chi connectivity index (χ1n) is 4.60. The molecule has 1 aliphatic heterocycles. The van der Waals surface area contributed by atoms with Crippen LogP contribution in [-0.2, 0) is 4.79 Å². The van der Waals surface area contributed by atoms with Crippen molar-refractivity contribution in [2.75, 3.05) is 13.6 Å². The van der Waals surface area contributed by atoms with E-state index >= 15 is 0 Å². The second-order valence-electron chi connectivity index (χ2n) is 3.55. The maximum Gasteiger partial charge on any atom is 0.339 e. The highest BCUT2D eigenvalue weighted by Crippen LogP contribution is 2.28. The SMILES string of the molecule is CCC1=CCN(C)C(C#N)(C(=O)O)C1.Cl. The summed E-state index contributed by atoms with van der Waals surface area (Å²) in [6.07, 6.45) is 3.12. The van der Waals surface area contributed by atoms with Gasteiger partial charge in [0.25, 0.3) is 0 Å². The molecule has 4 nitrogen and oxygen atoms in total. The predicted molar refractivity (Wildman–Crippen MR) is 58.8 cm³/mol. The van der Waals surface area contributed by atoms with Crippen molar-refractivity contribution in [2.45, 2.75) is 25.3 Å². The number of nitriles is 1. The monoisotopic (exact) mass is 230 g/mol. The number of hydrogen-bond acceptors (Lipinski definition) is 3. The highest BCUT2D eigenvalue weighted by Gasteiger charge is 2.44. The van der Waals surface area contributed by atoms with Gasteiger partial charge in [0.2, 0.25) is 5.54 Å². The summed E-state index contributed by atoms with van der Waals surface area (Å²) >= 11 is 0. The molecule has 1 N–H and O–H groups in total. The molecule has 0 aromatic heterocycles. The van der Waals surface area contributed by atoms with Crippen molar-refractivity contribution >= 4 is 18.4 Å². The van der Waals surface area contributed by atoms with E-state index in [1.54, 1.807) is 11.9 Å². The average Bonchev–Trinajstić information content (AvgIpc) is 2.18. The summed E-state index contributed by atoms with van der Waals surface area (Å²) in [5, 5.41) is 18.1. The summed E-state index contributed by atoms with van der Waals surface area (Å²) in [5.74, 6) is -1.05. The van der Waals surface area contributed by atoms with E-state index in [9.17, 15) is 4.79 Å². The minimum atomic E-state index is -1.36. The lowest BCUT2D eigenvalue weighted by Gasteiger charge is -2.35. The molecule has 0 radical (unpaired) electrons. The molecule has 1 aliphatic rings. The fourth-order valence-corrected chi connectivity index (χ4v) is 1.64. The Morgan fingerprint density at radius 3 is 2.80 bits per heavy atom. The standard InChI is InChI=1S/C10H14N2O2.ClH/c1-3-8-4-5-12(2)10(6-8,7-11)9(13)14;/h4H,3,5-6H2,1-2H3,(H,13,14);1H. The van der Waals surface area contributed by atoms with Crippen LogP contribution in [0.15, 0.2) is 11.6 Å². The van der Waals surface area contributed by atoms with E-state index in [-0.39, 0.29) is 12.4 Å². The van der Waals surface area contributed by atoms with Crippen molar-refractivity contribution < 1.29 is 9.90 Å². The first-order chi connectivity index (χ1) is 6.56. The van der Waals surface area contributed by atoms with Crippen LogP contribution in [0.3, 0.4) is 0 Å². The molecule has 0 fully saturated rings. The minimum absolute atomic E-state index is 0. The third-order valence-electron chi connectivity index (χ3n) is 2.78. The summed E-state index contributed by atoms with van der Waals surface area (Å²) in [6, 6.07) is 1.92. The maximum absolute atomic E-state index is 11.1. The summed E-state index contributed by atoms with van der Waals surface area (Å²) in [5.41, 5.74) is -0.313. The van der Waals surface area contributed by atoms with Gasteiger partial charge in [0.15, 0.2) is 0 Å². The summed E-state index contributed by atoms with van der Waals surface area (Å²) < 4.78 is 0. The second kappa shape index (κ2) is 5.15. The molecule has 1 atom stereocenters. The number of aliphatic carboxylic acids is 1. The van der Waals surface area contributed by atoms with Gasteiger partial charge in [0.1, 0.15) is 0 Å². The van der Waals surface area contributed by atoms with Crippen LogP contribution in [0.25, 0.3) is 0 Å². The molecular formula is C10H15ClN2O2. The van der Waals surface area contributed by atoms with Crippen molar-refractivity contribution in [1.82, 2.24) is 4.90 Å². The Kier molecular flexibility index (Phi) is 4.79. The van der Waals surface area contributed by atoms with Gasteiger partial charge in [-0.2, -0.15) is 5.26 Å². The molecule has 0 aliphatic carbocycles. The van der Waals surface area contributed by atoms with E-state index < -0.39 is 11.5 Å². The van der Waals surface area contributed by atoms with Gasteiger partial charge < -0.3 is 5.11 Å². The number of hydrogen-bond donors (Lipinski definition) is 1. The molecule has 0 saturated carbocycles. The Hall–Kier alpha value is -1.05. The van der Waals surface area contributed by atoms with Crippen molar-refractivity contribution in [1.29, 1.82) is 5.26 Å². The topological polar surface area (TPSA) is 64.3 Å². The van der Waals surface area contributed by atoms with Crippen LogP contribution in [0.5, 0.6) is 0 Å². The Labute approximate surface area is 95.6 Å². The normalized spacial score (nSPS) is 26.1. The molecular weight excluding hydrogens is 216 g/mol. The van der Waals surface area contributed by atoms with Gasteiger partial charge in [-0.05, 0) is 13.5 Å². The first-order valence-corrected chi connectivity index (χ1v) is 4.60. The average molecular weight is 231 g/mol. The van der Waals surface area contributed by atoms with Gasteiger partial charge in [0.05, 0.1) is 6.07 Å². The van der Waals surface area contributed by atoms with E-state index in [2.05, 4.69) is 0 Å². The van der Waals surface area contributed by atoms with Gasteiger partial charge in [-0.3, -0.25) is 4.90 Å². The predicted octanol–water partition coefficient (Wildman–Crippen LogP) is 1.43. The number of likely N-dealkylation sites (N-methyl/N-ethyl adjacent to an activating group) is 1. The zero-order chi connectivity index (χ0) is 10.8. The third-order valence-corrected chi connectivity index (χ3v) is 2.78. The molecule has 0 spiro atoms. The Bertz CT molecular complexity index is 322.